The van der Waals surface area contributed by atoms with Crippen LogP contribution in [0.5, 0.6) is 0 Å². The van der Waals surface area contributed by atoms with Crippen molar-refractivity contribution >= 4 is 44.0 Å². The Hall–Kier alpha value is -3.66. The number of nitrogens with one attached hydrogen (secondary N) is 1. The maximum atomic E-state index is 13.3. The van der Waals surface area contributed by atoms with Gasteiger partial charge in [-0.1, -0.05) is 11.3 Å². The lowest BCUT2D eigenvalue weighted by Crippen LogP contribution is -2.50. The highest BCUT2D eigenvalue weighted by molar-refractivity contribution is 7.22. The summed E-state index contributed by atoms with van der Waals surface area (Å²) >= 11 is 1.30. The largest absolute Gasteiger partial charge is 0.423 e. The number of thiazole rings is 1. The van der Waals surface area contributed by atoms with Crippen LogP contribution in [0.3, 0.4) is 0 Å². The average molecular weight is 632 g/mol. The van der Waals surface area contributed by atoms with Gasteiger partial charge in [-0.2, -0.15) is 26.3 Å². The fourth-order valence-corrected chi connectivity index (χ4v) is 6.27. The minimum absolute atomic E-state index is 0.110. The molecule has 0 bridgehead atoms. The van der Waals surface area contributed by atoms with Crippen LogP contribution < -0.4 is 10.2 Å². The molecule has 1 aliphatic carbocycles. The fraction of sp³-hybridized carbons (Fsp3) is 0.481. The predicted molar refractivity (Wildman–Crippen MR) is 147 cm³/mol. The minimum Gasteiger partial charge on any atom is -0.382 e. The van der Waals surface area contributed by atoms with Gasteiger partial charge in [0.2, 0.25) is 5.91 Å². The van der Waals surface area contributed by atoms with Crippen molar-refractivity contribution in [2.75, 3.05) is 43.0 Å². The lowest BCUT2D eigenvalue weighted by molar-refractivity contribution is -0.388. The van der Waals surface area contributed by atoms with Gasteiger partial charge in [-0.3, -0.25) is 14.9 Å². The summed E-state index contributed by atoms with van der Waals surface area (Å²) in [5.41, 5.74) is -2.63. The number of halogens is 6. The Labute approximate surface area is 245 Å². The first kappa shape index (κ1) is 30.8. The molecule has 0 unspecified atom stereocenters. The molecule has 1 N–H and O–H groups in total. The Morgan fingerprint density at radius 1 is 1.00 bits per heavy atom. The molecular formula is C27H27F6N5O4S. The number of nitro benzene ring substituents is 1. The Bertz CT molecular complexity index is 1480. The summed E-state index contributed by atoms with van der Waals surface area (Å²) in [6.45, 7) is 1.68. The van der Waals surface area contributed by atoms with E-state index in [1.807, 2.05) is 4.90 Å². The van der Waals surface area contributed by atoms with E-state index in [1.165, 1.54) is 23.5 Å². The third-order valence-electron chi connectivity index (χ3n) is 7.59. The van der Waals surface area contributed by atoms with Crippen molar-refractivity contribution in [3.8, 4) is 0 Å². The fourth-order valence-electron chi connectivity index (χ4n) is 5.28. The summed E-state index contributed by atoms with van der Waals surface area (Å²) < 4.78 is 85.3. The van der Waals surface area contributed by atoms with E-state index in [0.717, 1.165) is 24.3 Å². The molecule has 2 aromatic carbocycles. The number of hydrogen-bond donors (Lipinski definition) is 1. The van der Waals surface area contributed by atoms with Crippen molar-refractivity contribution in [1.82, 2.24) is 9.88 Å². The number of carbonyl (C=O) groups is 1. The number of carbonyl (C=O) groups excluding carboxylic acids is 1. The van der Waals surface area contributed by atoms with Crippen molar-refractivity contribution in [3.05, 3.63) is 57.6 Å². The number of hydrogen-bond acceptors (Lipinski definition) is 8. The molecule has 9 nitrogen and oxygen atoms in total. The van der Waals surface area contributed by atoms with Crippen molar-refractivity contribution in [3.63, 3.8) is 0 Å². The quantitative estimate of drug-likeness (QED) is 0.185. The Kier molecular flexibility index (Phi) is 8.70. The number of fused-ring (bicyclic) bond motifs is 1. The van der Waals surface area contributed by atoms with E-state index in [-0.39, 0.29) is 35.9 Å². The molecule has 2 heterocycles. The normalized spacial score (nSPS) is 20.0. The number of nitrogens with zero attached hydrogens (tertiary/aromatic N) is 4. The smallest absolute Gasteiger partial charge is 0.382 e. The first-order valence-corrected chi connectivity index (χ1v) is 14.3. The van der Waals surface area contributed by atoms with Gasteiger partial charge < -0.3 is 19.9 Å². The summed E-state index contributed by atoms with van der Waals surface area (Å²) in [6.07, 6.45) is -7.14. The lowest BCUT2D eigenvalue weighted by atomic mass is 9.92. The molecule has 232 valence electrons. The molecule has 1 aliphatic heterocycles. The zero-order valence-electron chi connectivity index (χ0n) is 22.6. The molecule has 0 atom stereocenters. The van der Waals surface area contributed by atoms with Gasteiger partial charge in [0, 0.05) is 44.0 Å². The molecule has 5 rings (SSSR count). The number of nitro groups is 1. The molecule has 1 amide bonds. The molecule has 16 heteroatoms. The van der Waals surface area contributed by atoms with Crippen LogP contribution in [0.25, 0.3) is 10.2 Å². The van der Waals surface area contributed by atoms with Crippen LogP contribution in [0.15, 0.2) is 36.4 Å². The van der Waals surface area contributed by atoms with E-state index in [9.17, 15) is 41.3 Å². The van der Waals surface area contributed by atoms with E-state index in [2.05, 4.69) is 10.3 Å². The molecule has 0 radical (unpaired) electrons. The number of rotatable bonds is 7. The number of aromatic nitrogens is 1. The molecule has 2 fully saturated rings. The lowest BCUT2D eigenvalue weighted by Gasteiger charge is -2.35. The Morgan fingerprint density at radius 3 is 2.33 bits per heavy atom. The highest BCUT2D eigenvalue weighted by atomic mass is 32.1. The summed E-state index contributed by atoms with van der Waals surface area (Å²) in [7, 11) is 0. The van der Waals surface area contributed by atoms with Crippen LogP contribution in [-0.4, -0.2) is 65.6 Å². The van der Waals surface area contributed by atoms with Gasteiger partial charge in [0.25, 0.3) is 5.69 Å². The second kappa shape index (κ2) is 12.1. The highest BCUT2D eigenvalue weighted by Crippen LogP contribution is 2.38. The molecule has 3 aromatic rings. The SMILES string of the molecule is O=C(COC1CCC(Nc2ccc([N+](=O)[O-])c(C(F)(F)F)c2)CC1)N1CCN(c2nc3cc(C(F)(F)F)ccc3s2)CC1. The van der Waals surface area contributed by atoms with Gasteiger partial charge in [-0.05, 0) is 56.0 Å². The second-order valence-electron chi connectivity index (χ2n) is 10.5. The number of amides is 1. The van der Waals surface area contributed by atoms with E-state index < -0.39 is 34.1 Å². The third kappa shape index (κ3) is 7.29. The molecular weight excluding hydrogens is 604 g/mol. The van der Waals surface area contributed by atoms with Gasteiger partial charge >= 0.3 is 12.4 Å². The molecule has 2 aliphatic rings. The van der Waals surface area contributed by atoms with Crippen LogP contribution in [0, 0.1) is 10.1 Å². The second-order valence-corrected chi connectivity index (χ2v) is 11.5. The molecule has 43 heavy (non-hydrogen) atoms. The predicted octanol–water partition coefficient (Wildman–Crippen LogP) is 6.33. The van der Waals surface area contributed by atoms with Crippen molar-refractivity contribution in [2.24, 2.45) is 0 Å². The van der Waals surface area contributed by atoms with Crippen LogP contribution in [0.1, 0.15) is 36.8 Å². The first-order chi connectivity index (χ1) is 20.3. The average Bonchev–Trinajstić information content (AvgIpc) is 3.39. The molecule has 1 aromatic heterocycles. The highest BCUT2D eigenvalue weighted by Gasteiger charge is 2.38. The van der Waals surface area contributed by atoms with Crippen molar-refractivity contribution in [1.29, 1.82) is 0 Å². The Morgan fingerprint density at radius 2 is 1.70 bits per heavy atom. The molecule has 1 saturated carbocycles. The van der Waals surface area contributed by atoms with Crippen LogP contribution in [-0.2, 0) is 21.9 Å². The maximum Gasteiger partial charge on any atom is 0.423 e. The van der Waals surface area contributed by atoms with Crippen LogP contribution in [0.4, 0.5) is 42.8 Å². The summed E-state index contributed by atoms with van der Waals surface area (Å²) in [5.74, 6) is -0.176. The van der Waals surface area contributed by atoms with Gasteiger partial charge in [0.05, 0.1) is 26.8 Å². The van der Waals surface area contributed by atoms with Crippen molar-refractivity contribution in [2.45, 2.75) is 50.2 Å². The van der Waals surface area contributed by atoms with Gasteiger partial charge in [-0.15, -0.1) is 0 Å². The topological polar surface area (TPSA) is 101 Å². The van der Waals surface area contributed by atoms with Crippen LogP contribution >= 0.6 is 11.3 Å². The van der Waals surface area contributed by atoms with E-state index in [4.69, 9.17) is 4.74 Å². The number of ether oxygens (including phenoxy) is 1. The minimum atomic E-state index is -4.86. The monoisotopic (exact) mass is 631 g/mol. The first-order valence-electron chi connectivity index (χ1n) is 13.5. The summed E-state index contributed by atoms with van der Waals surface area (Å²) in [6, 6.07) is 6.20. The molecule has 1 saturated heterocycles. The van der Waals surface area contributed by atoms with E-state index in [1.54, 1.807) is 4.90 Å². The standard InChI is InChI=1S/C27H27F6N5O4S/c28-26(29,30)16-1-8-23-21(13-16)35-25(43-23)37-11-9-36(10-12-37)24(39)15-42-19-5-2-17(3-6-19)34-18-4-7-22(38(40)41)20(14-18)27(31,32)33/h1,4,7-8,13-14,17,19,34H,2-3,5-6,9-12,15H2. The summed E-state index contributed by atoms with van der Waals surface area (Å²) in [4.78, 5) is 30.7. The Balaban J connectivity index is 1.06. The number of benzene rings is 2. The van der Waals surface area contributed by atoms with Gasteiger partial charge in [-0.25, -0.2) is 4.98 Å². The van der Waals surface area contributed by atoms with Crippen molar-refractivity contribution < 1.29 is 40.8 Å². The number of alkyl halides is 6. The number of anilines is 2. The number of piperazine rings is 1. The molecule has 0 spiro atoms. The third-order valence-corrected chi connectivity index (χ3v) is 8.69. The van der Waals surface area contributed by atoms with E-state index >= 15 is 0 Å². The van der Waals surface area contributed by atoms with Crippen LogP contribution in [0.2, 0.25) is 0 Å². The van der Waals surface area contributed by atoms with Gasteiger partial charge in [0.1, 0.15) is 12.2 Å². The zero-order chi connectivity index (χ0) is 30.9. The van der Waals surface area contributed by atoms with Gasteiger partial charge in [0.15, 0.2) is 5.13 Å². The summed E-state index contributed by atoms with van der Waals surface area (Å²) in [5, 5.41) is 14.6. The zero-order valence-corrected chi connectivity index (χ0v) is 23.4. The van der Waals surface area contributed by atoms with E-state index in [0.29, 0.717) is 61.7 Å². The maximum absolute atomic E-state index is 13.3.